The number of hydrogen-bond acceptors (Lipinski definition) is 2. The lowest BCUT2D eigenvalue weighted by atomic mass is 10.2. The van der Waals surface area contributed by atoms with Gasteiger partial charge in [-0.2, -0.15) is 18.3 Å². The highest BCUT2D eigenvalue weighted by molar-refractivity contribution is 6.33. The van der Waals surface area contributed by atoms with Gasteiger partial charge in [0.2, 0.25) is 0 Å². The van der Waals surface area contributed by atoms with Crippen LogP contribution in [0.15, 0.2) is 18.2 Å². The van der Waals surface area contributed by atoms with Crippen molar-refractivity contribution >= 4 is 28.9 Å². The SMILES string of the molecule is Cc1nn(C)c(CNc2cc(C(F)(F)F)ccc2Cl)c1Cl. The molecule has 1 heterocycles. The third-order valence-electron chi connectivity index (χ3n) is 3.00. The Balaban J connectivity index is 2.24. The van der Waals surface area contributed by atoms with Crippen LogP contribution in [-0.2, 0) is 19.8 Å². The van der Waals surface area contributed by atoms with E-state index >= 15 is 0 Å². The maximum Gasteiger partial charge on any atom is 0.416 e. The molecule has 8 heteroatoms. The van der Waals surface area contributed by atoms with Crippen molar-refractivity contribution in [1.29, 1.82) is 0 Å². The minimum atomic E-state index is -4.41. The third kappa shape index (κ3) is 3.44. The number of anilines is 1. The zero-order valence-electron chi connectivity index (χ0n) is 11.2. The molecule has 0 amide bonds. The molecule has 0 atom stereocenters. The molecule has 2 aromatic rings. The highest BCUT2D eigenvalue weighted by Crippen LogP contribution is 2.34. The molecule has 1 aromatic heterocycles. The van der Waals surface area contributed by atoms with E-state index in [1.807, 2.05) is 0 Å². The average Bonchev–Trinajstić information content (AvgIpc) is 2.62. The van der Waals surface area contributed by atoms with Crippen LogP contribution in [0.3, 0.4) is 0 Å². The van der Waals surface area contributed by atoms with Crippen molar-refractivity contribution in [2.45, 2.75) is 19.6 Å². The highest BCUT2D eigenvalue weighted by Gasteiger charge is 2.31. The van der Waals surface area contributed by atoms with Gasteiger partial charge in [-0.15, -0.1) is 0 Å². The van der Waals surface area contributed by atoms with Crippen LogP contribution >= 0.6 is 23.2 Å². The van der Waals surface area contributed by atoms with Crippen LogP contribution in [0.5, 0.6) is 0 Å². The first-order valence-electron chi connectivity index (χ1n) is 5.98. The van der Waals surface area contributed by atoms with E-state index in [4.69, 9.17) is 23.2 Å². The number of hydrogen-bond donors (Lipinski definition) is 1. The van der Waals surface area contributed by atoms with Crippen molar-refractivity contribution in [2.24, 2.45) is 7.05 Å². The normalized spacial score (nSPS) is 11.8. The summed E-state index contributed by atoms with van der Waals surface area (Å²) in [5.41, 5.74) is 0.761. The first kappa shape index (κ1) is 16.0. The molecule has 0 aliphatic carbocycles. The third-order valence-corrected chi connectivity index (χ3v) is 3.82. The molecule has 21 heavy (non-hydrogen) atoms. The van der Waals surface area contributed by atoms with Crippen LogP contribution < -0.4 is 5.32 Å². The van der Waals surface area contributed by atoms with E-state index in [9.17, 15) is 13.2 Å². The Morgan fingerprint density at radius 1 is 1.29 bits per heavy atom. The Morgan fingerprint density at radius 2 is 1.95 bits per heavy atom. The van der Waals surface area contributed by atoms with Crippen molar-refractivity contribution in [2.75, 3.05) is 5.32 Å². The summed E-state index contributed by atoms with van der Waals surface area (Å²) in [5, 5.41) is 7.68. The summed E-state index contributed by atoms with van der Waals surface area (Å²) in [6, 6.07) is 3.12. The number of nitrogens with zero attached hydrogens (tertiary/aromatic N) is 2. The van der Waals surface area contributed by atoms with Gasteiger partial charge in [0.25, 0.3) is 0 Å². The maximum atomic E-state index is 12.7. The monoisotopic (exact) mass is 337 g/mol. The average molecular weight is 338 g/mol. The Kier molecular flexibility index (Phi) is 4.39. The summed E-state index contributed by atoms with van der Waals surface area (Å²) in [7, 11) is 1.71. The lowest BCUT2D eigenvalue weighted by molar-refractivity contribution is -0.137. The molecular formula is C13H12Cl2F3N3. The van der Waals surface area contributed by atoms with Crippen LogP contribution in [-0.4, -0.2) is 9.78 Å². The van der Waals surface area contributed by atoms with Crippen molar-refractivity contribution in [3.05, 3.63) is 45.2 Å². The van der Waals surface area contributed by atoms with Gasteiger partial charge in [-0.3, -0.25) is 4.68 Å². The van der Waals surface area contributed by atoms with Crippen molar-refractivity contribution in [3.8, 4) is 0 Å². The van der Waals surface area contributed by atoms with E-state index in [1.54, 1.807) is 18.7 Å². The fourth-order valence-electron chi connectivity index (χ4n) is 1.89. The lowest BCUT2D eigenvalue weighted by Crippen LogP contribution is -2.09. The number of rotatable bonds is 3. The van der Waals surface area contributed by atoms with Gasteiger partial charge in [-0.25, -0.2) is 0 Å². The molecule has 0 saturated heterocycles. The van der Waals surface area contributed by atoms with E-state index in [2.05, 4.69) is 10.4 Å². The molecule has 0 radical (unpaired) electrons. The summed E-state index contributed by atoms with van der Waals surface area (Å²) < 4.78 is 39.6. The smallest absolute Gasteiger partial charge is 0.378 e. The Hall–Kier alpha value is -1.40. The van der Waals surface area contributed by atoms with Crippen LogP contribution in [0.2, 0.25) is 10.0 Å². The second-order valence-corrected chi connectivity index (χ2v) is 5.30. The van der Waals surface area contributed by atoms with Gasteiger partial charge in [-0.05, 0) is 25.1 Å². The number of aromatic nitrogens is 2. The molecule has 3 nitrogen and oxygen atoms in total. The molecule has 0 aliphatic rings. The lowest BCUT2D eigenvalue weighted by Gasteiger charge is -2.12. The molecule has 0 unspecified atom stereocenters. The second kappa shape index (κ2) is 5.77. The van der Waals surface area contributed by atoms with E-state index in [1.165, 1.54) is 6.07 Å². The van der Waals surface area contributed by atoms with Crippen LogP contribution in [0.25, 0.3) is 0 Å². The predicted molar refractivity (Wildman–Crippen MR) is 76.7 cm³/mol. The van der Waals surface area contributed by atoms with Crippen molar-refractivity contribution < 1.29 is 13.2 Å². The summed E-state index contributed by atoms with van der Waals surface area (Å²) in [6.45, 7) is 1.97. The van der Waals surface area contributed by atoms with Crippen LogP contribution in [0.4, 0.5) is 18.9 Å². The first-order valence-corrected chi connectivity index (χ1v) is 6.74. The number of alkyl halides is 3. The van der Waals surface area contributed by atoms with Gasteiger partial charge in [0.1, 0.15) is 0 Å². The van der Waals surface area contributed by atoms with E-state index in [0.29, 0.717) is 16.4 Å². The predicted octanol–water partition coefficient (Wildman–Crippen LogP) is 4.67. The molecule has 0 fully saturated rings. The minimum Gasteiger partial charge on any atom is -0.378 e. The molecular weight excluding hydrogens is 326 g/mol. The highest BCUT2D eigenvalue weighted by atomic mass is 35.5. The van der Waals surface area contributed by atoms with Gasteiger partial charge < -0.3 is 5.32 Å². The fraction of sp³-hybridized carbons (Fsp3) is 0.308. The van der Waals surface area contributed by atoms with E-state index in [0.717, 1.165) is 12.1 Å². The maximum absolute atomic E-state index is 12.7. The molecule has 2 rings (SSSR count). The number of benzene rings is 1. The van der Waals surface area contributed by atoms with Crippen molar-refractivity contribution in [3.63, 3.8) is 0 Å². The van der Waals surface area contributed by atoms with Gasteiger partial charge in [0.15, 0.2) is 0 Å². The van der Waals surface area contributed by atoms with Crippen LogP contribution in [0.1, 0.15) is 17.0 Å². The molecule has 0 spiro atoms. The summed E-state index contributed by atoms with van der Waals surface area (Å²) in [4.78, 5) is 0. The number of nitrogens with one attached hydrogen (secondary N) is 1. The largest absolute Gasteiger partial charge is 0.416 e. The quantitative estimate of drug-likeness (QED) is 0.882. The molecule has 0 bridgehead atoms. The molecule has 1 aromatic carbocycles. The fourth-order valence-corrected chi connectivity index (χ4v) is 2.30. The zero-order valence-corrected chi connectivity index (χ0v) is 12.7. The Labute approximate surface area is 129 Å². The van der Waals surface area contributed by atoms with Gasteiger partial charge >= 0.3 is 6.18 Å². The summed E-state index contributed by atoms with van der Waals surface area (Å²) in [6.07, 6.45) is -4.41. The van der Waals surface area contributed by atoms with E-state index < -0.39 is 11.7 Å². The standard InChI is InChI=1S/C13H12Cl2F3N3/c1-7-12(15)11(21(2)20-7)6-19-10-5-8(13(16,17)18)3-4-9(10)14/h3-5,19H,6H2,1-2H3. The molecule has 1 N–H and O–H groups in total. The van der Waals surface area contributed by atoms with Crippen molar-refractivity contribution in [1.82, 2.24) is 9.78 Å². The summed E-state index contributed by atoms with van der Waals surface area (Å²) >= 11 is 12.0. The Bertz CT molecular complexity index is 665. The Morgan fingerprint density at radius 3 is 2.48 bits per heavy atom. The minimum absolute atomic E-state index is 0.196. The molecule has 114 valence electrons. The zero-order chi connectivity index (χ0) is 15.8. The number of halogens is 5. The van der Waals surface area contributed by atoms with Crippen LogP contribution in [0, 0.1) is 6.92 Å². The second-order valence-electron chi connectivity index (χ2n) is 4.52. The van der Waals surface area contributed by atoms with E-state index in [-0.39, 0.29) is 17.3 Å². The topological polar surface area (TPSA) is 29.9 Å². The molecule has 0 aliphatic heterocycles. The summed E-state index contributed by atoms with van der Waals surface area (Å²) in [5.74, 6) is 0. The number of aryl methyl sites for hydroxylation is 2. The molecule has 0 saturated carbocycles. The van der Waals surface area contributed by atoms with Gasteiger partial charge in [0, 0.05) is 7.05 Å². The first-order chi connectivity index (χ1) is 9.70. The van der Waals surface area contributed by atoms with Gasteiger partial charge in [-0.1, -0.05) is 23.2 Å². The van der Waals surface area contributed by atoms with Gasteiger partial charge in [0.05, 0.1) is 39.2 Å².